The molecule has 0 bridgehead atoms. The summed E-state index contributed by atoms with van der Waals surface area (Å²) in [5.74, 6) is -0.210. The molecule has 1 aromatic carbocycles. The van der Waals surface area contributed by atoms with Crippen molar-refractivity contribution in [3.05, 3.63) is 29.8 Å². The van der Waals surface area contributed by atoms with Gasteiger partial charge < -0.3 is 15.5 Å². The molecule has 1 aliphatic rings. The first kappa shape index (κ1) is 16.3. The Balaban J connectivity index is 1.96. The van der Waals surface area contributed by atoms with Gasteiger partial charge in [-0.2, -0.15) is 0 Å². The van der Waals surface area contributed by atoms with E-state index in [9.17, 15) is 9.59 Å². The van der Waals surface area contributed by atoms with E-state index < -0.39 is 0 Å². The maximum absolute atomic E-state index is 12.5. The maximum atomic E-state index is 12.5. The number of carbonyl (C=O) groups excluding carboxylic acids is 2. The minimum absolute atomic E-state index is 0.0808. The number of likely N-dealkylation sites (N-methyl/N-ethyl adjacent to an activating group) is 1. The van der Waals surface area contributed by atoms with E-state index in [0.29, 0.717) is 32.5 Å². The molecule has 1 fully saturated rings. The lowest BCUT2D eigenvalue weighted by Crippen LogP contribution is -2.46. The van der Waals surface area contributed by atoms with Crippen molar-refractivity contribution in [2.24, 2.45) is 11.7 Å². The zero-order chi connectivity index (χ0) is 16.1. The second-order valence-electron chi connectivity index (χ2n) is 5.86. The monoisotopic (exact) mass is 303 g/mol. The van der Waals surface area contributed by atoms with Crippen molar-refractivity contribution in [1.29, 1.82) is 0 Å². The number of piperidine rings is 1. The number of hydrogen-bond donors (Lipinski definition) is 1. The fourth-order valence-corrected chi connectivity index (χ4v) is 2.96. The second-order valence-corrected chi connectivity index (χ2v) is 5.86. The van der Waals surface area contributed by atoms with E-state index in [1.807, 2.05) is 23.1 Å². The van der Waals surface area contributed by atoms with E-state index in [4.69, 9.17) is 5.73 Å². The van der Waals surface area contributed by atoms with Crippen molar-refractivity contribution < 1.29 is 9.59 Å². The molecule has 1 saturated heterocycles. The number of nitrogens with two attached hydrogens (primary N) is 1. The van der Waals surface area contributed by atoms with Crippen LogP contribution in [0.4, 0.5) is 5.69 Å². The number of primary amides is 1. The van der Waals surface area contributed by atoms with Gasteiger partial charge in [-0.05, 0) is 38.3 Å². The number of benzene rings is 1. The largest absolute Gasteiger partial charge is 0.369 e. The fourth-order valence-electron chi connectivity index (χ4n) is 2.96. The van der Waals surface area contributed by atoms with Crippen LogP contribution in [-0.2, 0) is 9.59 Å². The maximum Gasteiger partial charge on any atom is 0.242 e. The van der Waals surface area contributed by atoms with Gasteiger partial charge in [0.1, 0.15) is 0 Å². The lowest BCUT2D eigenvalue weighted by atomic mass is 9.96. The summed E-state index contributed by atoms with van der Waals surface area (Å²) in [6.45, 7) is 6.52. The Kier molecular flexibility index (Phi) is 5.41. The van der Waals surface area contributed by atoms with E-state index in [1.165, 1.54) is 5.56 Å². The number of para-hydroxylation sites is 1. The summed E-state index contributed by atoms with van der Waals surface area (Å²) in [5, 5.41) is 0. The molecule has 5 nitrogen and oxygen atoms in total. The summed E-state index contributed by atoms with van der Waals surface area (Å²) in [6, 6.07) is 8.10. The first-order chi connectivity index (χ1) is 10.5. The van der Waals surface area contributed by atoms with Gasteiger partial charge in [0.2, 0.25) is 11.8 Å². The number of rotatable bonds is 5. The third kappa shape index (κ3) is 3.78. The zero-order valence-electron chi connectivity index (χ0n) is 13.4. The Bertz CT molecular complexity index is 536. The van der Waals surface area contributed by atoms with Gasteiger partial charge in [-0.25, -0.2) is 0 Å². The van der Waals surface area contributed by atoms with Crippen LogP contribution in [0.3, 0.4) is 0 Å². The quantitative estimate of drug-likeness (QED) is 0.897. The van der Waals surface area contributed by atoms with Crippen LogP contribution < -0.4 is 10.6 Å². The van der Waals surface area contributed by atoms with Crippen LogP contribution in [0, 0.1) is 12.8 Å². The minimum Gasteiger partial charge on any atom is -0.369 e. The molecule has 2 rings (SSSR count). The van der Waals surface area contributed by atoms with Crippen LogP contribution in [0.25, 0.3) is 0 Å². The van der Waals surface area contributed by atoms with Gasteiger partial charge in [-0.15, -0.1) is 0 Å². The van der Waals surface area contributed by atoms with Crippen LogP contribution in [-0.4, -0.2) is 42.9 Å². The highest BCUT2D eigenvalue weighted by molar-refractivity contribution is 5.82. The third-order valence-corrected chi connectivity index (χ3v) is 4.41. The molecule has 0 atom stereocenters. The SMILES string of the molecule is CCN(CC(=O)N1CCC(C(N)=O)CC1)c1ccccc1C. The van der Waals surface area contributed by atoms with Crippen molar-refractivity contribution in [1.82, 2.24) is 4.90 Å². The van der Waals surface area contributed by atoms with E-state index in [2.05, 4.69) is 24.8 Å². The molecule has 0 saturated carbocycles. The third-order valence-electron chi connectivity index (χ3n) is 4.41. The van der Waals surface area contributed by atoms with Crippen molar-refractivity contribution >= 4 is 17.5 Å². The molecule has 0 spiro atoms. The normalized spacial score (nSPS) is 15.6. The number of amides is 2. The molecule has 2 N–H and O–H groups in total. The summed E-state index contributed by atoms with van der Waals surface area (Å²) < 4.78 is 0. The number of hydrogen-bond acceptors (Lipinski definition) is 3. The lowest BCUT2D eigenvalue weighted by molar-refractivity contribution is -0.133. The summed E-state index contributed by atoms with van der Waals surface area (Å²) in [5.41, 5.74) is 7.61. The van der Waals surface area contributed by atoms with E-state index in [1.54, 1.807) is 0 Å². The van der Waals surface area contributed by atoms with Crippen molar-refractivity contribution in [3.8, 4) is 0 Å². The molecule has 0 unspecified atom stereocenters. The van der Waals surface area contributed by atoms with E-state index >= 15 is 0 Å². The molecular weight excluding hydrogens is 278 g/mol. The molecule has 1 aliphatic heterocycles. The molecule has 0 aromatic heterocycles. The van der Waals surface area contributed by atoms with E-state index in [-0.39, 0.29) is 17.7 Å². The predicted octanol–water partition coefficient (Wildman–Crippen LogP) is 1.55. The highest BCUT2D eigenvalue weighted by atomic mass is 16.2. The van der Waals surface area contributed by atoms with Crippen LogP contribution in [0.15, 0.2) is 24.3 Å². The van der Waals surface area contributed by atoms with Gasteiger partial charge in [0.15, 0.2) is 0 Å². The van der Waals surface area contributed by atoms with Crippen LogP contribution in [0.5, 0.6) is 0 Å². The minimum atomic E-state index is -0.248. The summed E-state index contributed by atoms with van der Waals surface area (Å²) >= 11 is 0. The van der Waals surface area contributed by atoms with Crippen molar-refractivity contribution in [2.75, 3.05) is 31.1 Å². The average Bonchev–Trinajstić information content (AvgIpc) is 2.53. The van der Waals surface area contributed by atoms with Gasteiger partial charge >= 0.3 is 0 Å². The zero-order valence-corrected chi connectivity index (χ0v) is 13.4. The molecule has 0 radical (unpaired) electrons. The molecule has 22 heavy (non-hydrogen) atoms. The Labute approximate surface area is 132 Å². The second kappa shape index (κ2) is 7.29. The number of anilines is 1. The first-order valence-electron chi connectivity index (χ1n) is 7.90. The Hall–Kier alpha value is -2.04. The standard InChI is InChI=1S/C17H25N3O2/c1-3-19(15-7-5-4-6-13(15)2)12-16(21)20-10-8-14(9-11-20)17(18)22/h4-7,14H,3,8-12H2,1-2H3,(H2,18,22). The molecule has 1 heterocycles. The van der Waals surface area contributed by atoms with Gasteiger partial charge in [-0.3, -0.25) is 9.59 Å². The Morgan fingerprint density at radius 3 is 2.45 bits per heavy atom. The first-order valence-corrected chi connectivity index (χ1v) is 7.90. The predicted molar refractivity (Wildman–Crippen MR) is 87.6 cm³/mol. The van der Waals surface area contributed by atoms with E-state index in [0.717, 1.165) is 12.2 Å². The molecule has 2 amide bonds. The van der Waals surface area contributed by atoms with Crippen LogP contribution in [0.1, 0.15) is 25.3 Å². The van der Waals surface area contributed by atoms with Crippen LogP contribution >= 0.6 is 0 Å². The number of aryl methyl sites for hydroxylation is 1. The Morgan fingerprint density at radius 2 is 1.91 bits per heavy atom. The molecule has 5 heteroatoms. The van der Waals surface area contributed by atoms with Crippen LogP contribution in [0.2, 0.25) is 0 Å². The van der Waals surface area contributed by atoms with Crippen molar-refractivity contribution in [2.45, 2.75) is 26.7 Å². The fraction of sp³-hybridized carbons (Fsp3) is 0.529. The number of carbonyl (C=O) groups is 2. The van der Waals surface area contributed by atoms with Gasteiger partial charge in [0.05, 0.1) is 6.54 Å². The smallest absolute Gasteiger partial charge is 0.242 e. The lowest BCUT2D eigenvalue weighted by Gasteiger charge is -2.33. The molecule has 120 valence electrons. The van der Waals surface area contributed by atoms with Crippen molar-refractivity contribution in [3.63, 3.8) is 0 Å². The highest BCUT2D eigenvalue weighted by Gasteiger charge is 2.26. The van der Waals surface area contributed by atoms with Gasteiger partial charge in [0, 0.05) is 31.2 Å². The summed E-state index contributed by atoms with van der Waals surface area (Å²) in [4.78, 5) is 27.6. The average molecular weight is 303 g/mol. The highest BCUT2D eigenvalue weighted by Crippen LogP contribution is 2.21. The summed E-state index contributed by atoms with van der Waals surface area (Å²) in [6.07, 6.45) is 1.36. The Morgan fingerprint density at radius 1 is 1.27 bits per heavy atom. The summed E-state index contributed by atoms with van der Waals surface area (Å²) in [7, 11) is 0. The van der Waals surface area contributed by atoms with Gasteiger partial charge in [0.25, 0.3) is 0 Å². The molecule has 0 aliphatic carbocycles. The number of likely N-dealkylation sites (tertiary alicyclic amines) is 1. The van der Waals surface area contributed by atoms with Gasteiger partial charge in [-0.1, -0.05) is 18.2 Å². The molecular formula is C17H25N3O2. The topological polar surface area (TPSA) is 66.6 Å². The molecule has 1 aromatic rings. The number of nitrogens with zero attached hydrogens (tertiary/aromatic N) is 2.